The molecule has 0 saturated carbocycles. The first kappa shape index (κ1) is 40.5. The molecule has 0 radical (unpaired) electrons. The van der Waals surface area contributed by atoms with E-state index >= 15 is 0 Å². The van der Waals surface area contributed by atoms with Gasteiger partial charge >= 0.3 is 0 Å². The van der Waals surface area contributed by atoms with Gasteiger partial charge < -0.3 is 44.8 Å². The zero-order valence-electron chi connectivity index (χ0n) is 29.0. The van der Waals surface area contributed by atoms with Crippen LogP contribution in [-0.4, -0.2) is 97.7 Å². The summed E-state index contributed by atoms with van der Waals surface area (Å²) >= 11 is 0. The van der Waals surface area contributed by atoms with Gasteiger partial charge in [-0.1, -0.05) is 63.2 Å². The van der Waals surface area contributed by atoms with Gasteiger partial charge in [-0.2, -0.15) is 0 Å². The quantitative estimate of drug-likeness (QED) is 0.0968. The van der Waals surface area contributed by atoms with Crippen molar-refractivity contribution in [3.8, 4) is 11.1 Å². The lowest BCUT2D eigenvalue weighted by molar-refractivity contribution is -0.127. The minimum Gasteiger partial charge on any atom is -0.413 e. The van der Waals surface area contributed by atoms with Gasteiger partial charge in [-0.15, -0.1) is 0 Å². The van der Waals surface area contributed by atoms with Crippen LogP contribution in [0.3, 0.4) is 0 Å². The number of aliphatic hydroxyl groups is 1. The van der Waals surface area contributed by atoms with Crippen molar-refractivity contribution in [3.05, 3.63) is 59.2 Å². The molecule has 0 heterocycles. The molecule has 5 N–H and O–H groups in total. The van der Waals surface area contributed by atoms with Crippen molar-refractivity contribution >= 4 is 20.1 Å². The maximum atomic E-state index is 12.2. The van der Waals surface area contributed by atoms with Crippen LogP contribution in [-0.2, 0) is 52.6 Å². The molecule has 264 valence electrons. The van der Waals surface area contributed by atoms with Gasteiger partial charge in [-0.05, 0) is 58.8 Å². The van der Waals surface area contributed by atoms with Gasteiger partial charge in [0.1, 0.15) is 13.2 Å². The summed E-state index contributed by atoms with van der Waals surface area (Å²) in [6, 6.07) is 14.5. The number of rotatable bonds is 24. The lowest BCUT2D eigenvalue weighted by atomic mass is 9.94. The Morgan fingerprint density at radius 2 is 1.36 bits per heavy atom. The highest BCUT2D eigenvalue weighted by Crippen LogP contribution is 2.37. The minimum absolute atomic E-state index is 0.0230. The first-order valence-electron chi connectivity index (χ1n) is 16.5. The number of hydrogen-bond donors (Lipinski definition) is 4. The van der Waals surface area contributed by atoms with E-state index in [-0.39, 0.29) is 43.3 Å². The number of nitrogens with one attached hydrogen (secondary N) is 2. The first-order chi connectivity index (χ1) is 22.5. The van der Waals surface area contributed by atoms with Crippen LogP contribution in [0.15, 0.2) is 42.5 Å². The zero-order chi connectivity index (χ0) is 34.5. The summed E-state index contributed by atoms with van der Waals surface area (Å²) < 4.78 is 27.6. The molecular formula is C35H57N3O8Si. The topological polar surface area (TPSA) is 151 Å². The predicted molar refractivity (Wildman–Crippen MR) is 186 cm³/mol. The Hall–Kier alpha value is -2.68. The molecule has 11 nitrogen and oxygen atoms in total. The van der Waals surface area contributed by atoms with E-state index in [0.717, 1.165) is 40.7 Å². The van der Waals surface area contributed by atoms with Crippen LogP contribution in [0.2, 0.25) is 18.1 Å². The zero-order valence-corrected chi connectivity index (χ0v) is 30.0. The van der Waals surface area contributed by atoms with Gasteiger partial charge in [-0.25, -0.2) is 0 Å². The predicted octanol–water partition coefficient (Wildman–Crippen LogP) is 3.56. The first-order valence-corrected chi connectivity index (χ1v) is 19.4. The Kier molecular flexibility index (Phi) is 19.0. The fourth-order valence-electron chi connectivity index (χ4n) is 4.22. The van der Waals surface area contributed by atoms with Crippen molar-refractivity contribution in [1.82, 2.24) is 10.6 Å². The van der Waals surface area contributed by atoms with Crippen LogP contribution in [0.4, 0.5) is 0 Å². The number of nitrogens with two attached hydrogens (primary N) is 1. The highest BCUT2D eigenvalue weighted by Gasteiger charge is 2.37. The van der Waals surface area contributed by atoms with E-state index < -0.39 is 8.32 Å². The lowest BCUT2D eigenvalue weighted by Crippen LogP contribution is -2.40. The molecule has 12 heteroatoms. The molecule has 0 aliphatic heterocycles. The molecule has 0 unspecified atom stereocenters. The summed E-state index contributed by atoms with van der Waals surface area (Å²) in [4.78, 5) is 23.9. The van der Waals surface area contributed by atoms with E-state index in [4.69, 9.17) is 29.1 Å². The van der Waals surface area contributed by atoms with E-state index in [1.807, 2.05) is 12.1 Å². The Balaban J connectivity index is 1.65. The molecular weight excluding hydrogens is 618 g/mol. The van der Waals surface area contributed by atoms with Crippen LogP contribution in [0.5, 0.6) is 0 Å². The number of carbonyl (C=O) groups excluding carboxylic acids is 2. The van der Waals surface area contributed by atoms with Gasteiger partial charge in [0.15, 0.2) is 8.32 Å². The summed E-state index contributed by atoms with van der Waals surface area (Å²) in [6.07, 6.45) is 1.49. The Morgan fingerprint density at radius 1 is 0.787 bits per heavy atom. The van der Waals surface area contributed by atoms with Crippen LogP contribution in [0.25, 0.3) is 11.1 Å². The minimum atomic E-state index is -1.82. The van der Waals surface area contributed by atoms with Crippen LogP contribution in [0.1, 0.15) is 43.9 Å². The second-order valence-corrected chi connectivity index (χ2v) is 17.6. The fraction of sp³-hybridized carbons (Fsp3) is 0.600. The molecule has 47 heavy (non-hydrogen) atoms. The Bertz CT molecular complexity index is 1190. The molecule has 0 fully saturated rings. The van der Waals surface area contributed by atoms with Gasteiger partial charge in [0, 0.05) is 19.6 Å². The van der Waals surface area contributed by atoms with Crippen molar-refractivity contribution in [2.75, 3.05) is 72.5 Å². The van der Waals surface area contributed by atoms with Crippen molar-refractivity contribution in [2.45, 2.75) is 65.0 Å². The number of benzene rings is 2. The lowest BCUT2D eigenvalue weighted by Gasteiger charge is -2.36. The number of hydrogen-bond acceptors (Lipinski definition) is 9. The van der Waals surface area contributed by atoms with Crippen LogP contribution in [0, 0.1) is 0 Å². The molecule has 2 aromatic carbocycles. The summed E-state index contributed by atoms with van der Waals surface area (Å²) in [7, 11) is -1.82. The second-order valence-electron chi connectivity index (χ2n) is 12.8. The van der Waals surface area contributed by atoms with E-state index in [1.54, 1.807) is 0 Å². The highest BCUT2D eigenvalue weighted by molar-refractivity contribution is 6.74. The van der Waals surface area contributed by atoms with E-state index in [0.29, 0.717) is 59.3 Å². The summed E-state index contributed by atoms with van der Waals surface area (Å²) in [5.74, 6) is -0.416. The SMILES string of the molecule is CC(C)(C)[Si](C)(C)OCc1ccc(-c2ccc(CO)cc2CCCNC(=O)COCCOCCNC(=O)COCCOCCN)cc1. The van der Waals surface area contributed by atoms with Gasteiger partial charge in [-0.3, -0.25) is 9.59 Å². The van der Waals surface area contributed by atoms with Crippen molar-refractivity contribution < 1.29 is 38.1 Å². The second kappa shape index (κ2) is 22.0. The summed E-state index contributed by atoms with van der Waals surface area (Å²) in [5.41, 5.74) is 10.7. The van der Waals surface area contributed by atoms with Crippen molar-refractivity contribution in [3.63, 3.8) is 0 Å². The van der Waals surface area contributed by atoms with Gasteiger partial charge in [0.25, 0.3) is 0 Å². The molecule has 0 aliphatic rings. The largest absolute Gasteiger partial charge is 0.413 e. The standard InChI is InChI=1S/C35H57N3O8Si/c1-35(2,3)47(4,5)46-25-28-8-11-30(12-9-28)32-13-10-29(24-39)23-31(32)7-6-15-37-33(40)26-45-22-20-43-18-16-38-34(41)27-44-21-19-42-17-14-36/h8-13,23,39H,6-7,14-22,24-27,36H2,1-5H3,(H,37,40)(H,38,41). The number of ether oxygens (including phenoxy) is 4. The molecule has 0 atom stereocenters. The molecule has 0 aromatic heterocycles. The van der Waals surface area contributed by atoms with Crippen molar-refractivity contribution in [1.29, 1.82) is 0 Å². The van der Waals surface area contributed by atoms with Crippen molar-refractivity contribution in [2.24, 2.45) is 5.73 Å². The summed E-state index contributed by atoms with van der Waals surface area (Å²) in [6.45, 7) is 15.2. The van der Waals surface area contributed by atoms with E-state index in [9.17, 15) is 14.7 Å². The Morgan fingerprint density at radius 3 is 1.96 bits per heavy atom. The number of amides is 2. The molecule has 2 rings (SSSR count). The fourth-order valence-corrected chi connectivity index (χ4v) is 5.18. The van der Waals surface area contributed by atoms with E-state index in [1.165, 1.54) is 0 Å². The van der Waals surface area contributed by atoms with Gasteiger partial charge in [0.2, 0.25) is 11.8 Å². The number of aliphatic hydroxyl groups excluding tert-OH is 1. The molecule has 2 aromatic rings. The van der Waals surface area contributed by atoms with Gasteiger partial charge in [0.05, 0.1) is 52.9 Å². The molecule has 0 saturated heterocycles. The molecule has 0 aliphatic carbocycles. The van der Waals surface area contributed by atoms with Crippen LogP contribution < -0.4 is 16.4 Å². The smallest absolute Gasteiger partial charge is 0.246 e. The monoisotopic (exact) mass is 675 g/mol. The molecule has 0 bridgehead atoms. The third kappa shape index (κ3) is 16.3. The third-order valence-electron chi connectivity index (χ3n) is 8.01. The highest BCUT2D eigenvalue weighted by atomic mass is 28.4. The maximum Gasteiger partial charge on any atom is 0.246 e. The number of aryl methyl sites for hydroxylation is 1. The number of carbonyl (C=O) groups is 2. The summed E-state index contributed by atoms with van der Waals surface area (Å²) in [5, 5.41) is 15.5. The van der Waals surface area contributed by atoms with Crippen LogP contribution >= 0.6 is 0 Å². The third-order valence-corrected chi connectivity index (χ3v) is 12.5. The Labute approximate surface area is 282 Å². The molecule has 2 amide bonds. The average molecular weight is 676 g/mol. The average Bonchev–Trinajstić information content (AvgIpc) is 3.04. The maximum absolute atomic E-state index is 12.2. The van der Waals surface area contributed by atoms with E-state index in [2.05, 4.69) is 74.8 Å². The normalized spacial score (nSPS) is 11.9. The molecule has 0 spiro atoms.